The number of carbonyl (C=O) groups excluding carboxylic acids is 1. The summed E-state index contributed by atoms with van der Waals surface area (Å²) < 4.78 is 19.4. The lowest BCUT2D eigenvalue weighted by atomic mass is 9.87. The highest BCUT2D eigenvalue weighted by Crippen LogP contribution is 2.45. The lowest BCUT2D eigenvalue weighted by Crippen LogP contribution is -2.37. The van der Waals surface area contributed by atoms with E-state index in [2.05, 4.69) is 24.0 Å². The average molecular weight is 397 g/mol. The number of carbonyl (C=O) groups is 1. The highest BCUT2D eigenvalue weighted by atomic mass is 19.1. The van der Waals surface area contributed by atoms with Gasteiger partial charge in [0.2, 0.25) is 5.91 Å². The molecule has 0 radical (unpaired) electrons. The van der Waals surface area contributed by atoms with Gasteiger partial charge in [-0.05, 0) is 35.6 Å². The number of ether oxygens (including phenoxy) is 1. The monoisotopic (exact) mass is 396 g/mol. The van der Waals surface area contributed by atoms with Crippen LogP contribution in [0.15, 0.2) is 48.5 Å². The molecule has 0 N–H and O–H groups in total. The van der Waals surface area contributed by atoms with Crippen LogP contribution < -0.4 is 0 Å². The molecule has 0 aromatic heterocycles. The zero-order chi connectivity index (χ0) is 20.4. The zero-order valence-electron chi connectivity index (χ0n) is 17.2. The summed E-state index contributed by atoms with van der Waals surface area (Å²) in [5.41, 5.74) is 2.90. The van der Waals surface area contributed by atoms with Crippen LogP contribution in [0.25, 0.3) is 0 Å². The van der Waals surface area contributed by atoms with Gasteiger partial charge in [-0.2, -0.15) is 0 Å². The third kappa shape index (κ3) is 4.07. The maximum atomic E-state index is 14.1. The molecule has 29 heavy (non-hydrogen) atoms. The Morgan fingerprint density at radius 1 is 1.10 bits per heavy atom. The Kier molecular flexibility index (Phi) is 5.97. The van der Waals surface area contributed by atoms with Crippen LogP contribution in [0.1, 0.15) is 22.7 Å². The Bertz CT molecular complexity index is 871. The molecular weight excluding hydrogens is 367 g/mol. The molecule has 3 atom stereocenters. The Hall–Kier alpha value is -2.24. The van der Waals surface area contributed by atoms with Crippen molar-refractivity contribution in [1.29, 1.82) is 0 Å². The Morgan fingerprint density at radius 3 is 2.62 bits per heavy atom. The van der Waals surface area contributed by atoms with Crippen molar-refractivity contribution in [2.24, 2.45) is 11.8 Å². The number of halogens is 1. The minimum atomic E-state index is -0.307. The van der Waals surface area contributed by atoms with E-state index < -0.39 is 0 Å². The normalized spacial score (nSPS) is 24.1. The van der Waals surface area contributed by atoms with Crippen LogP contribution in [0.4, 0.5) is 4.39 Å². The molecule has 2 aliphatic heterocycles. The zero-order valence-corrected chi connectivity index (χ0v) is 17.2. The third-order valence-electron chi connectivity index (χ3n) is 6.48. The van der Waals surface area contributed by atoms with Crippen LogP contribution in [-0.2, 0) is 16.0 Å². The molecule has 0 unspecified atom stereocenters. The van der Waals surface area contributed by atoms with Crippen LogP contribution in [0, 0.1) is 24.6 Å². The number of aryl methyl sites for hydroxylation is 1. The van der Waals surface area contributed by atoms with E-state index in [1.165, 1.54) is 17.2 Å². The average Bonchev–Trinajstić information content (AvgIpc) is 3.26. The third-order valence-corrected chi connectivity index (χ3v) is 6.48. The smallest absolute Gasteiger partial charge is 0.227 e. The van der Waals surface area contributed by atoms with E-state index in [9.17, 15) is 9.18 Å². The van der Waals surface area contributed by atoms with E-state index in [1.807, 2.05) is 17.0 Å². The first-order valence-corrected chi connectivity index (χ1v) is 10.4. The molecule has 0 aliphatic carbocycles. The summed E-state index contributed by atoms with van der Waals surface area (Å²) in [7, 11) is 1.73. The number of likely N-dealkylation sites (tertiary alicyclic amines) is 2. The number of nitrogens with zero attached hydrogens (tertiary/aromatic N) is 2. The quantitative estimate of drug-likeness (QED) is 0.750. The first-order chi connectivity index (χ1) is 14.1. The molecule has 0 saturated carbocycles. The van der Waals surface area contributed by atoms with Crippen molar-refractivity contribution in [1.82, 2.24) is 9.80 Å². The van der Waals surface area contributed by atoms with Crippen molar-refractivity contribution in [2.75, 3.05) is 39.9 Å². The van der Waals surface area contributed by atoms with E-state index in [0.29, 0.717) is 17.4 Å². The number of fused-ring (bicyclic) bond motifs is 1. The summed E-state index contributed by atoms with van der Waals surface area (Å²) in [6.45, 7) is 6.45. The predicted octanol–water partition coefficient (Wildman–Crippen LogP) is 3.45. The van der Waals surface area contributed by atoms with Crippen LogP contribution in [0.2, 0.25) is 0 Å². The van der Waals surface area contributed by atoms with Gasteiger partial charge in [-0.25, -0.2) is 4.39 Å². The van der Waals surface area contributed by atoms with Gasteiger partial charge in [0.1, 0.15) is 5.82 Å². The first kappa shape index (κ1) is 20.0. The topological polar surface area (TPSA) is 32.8 Å². The van der Waals surface area contributed by atoms with Crippen LogP contribution in [0.5, 0.6) is 0 Å². The van der Waals surface area contributed by atoms with Gasteiger partial charge < -0.3 is 14.5 Å². The lowest BCUT2D eigenvalue weighted by Gasteiger charge is -2.31. The molecule has 1 amide bonds. The lowest BCUT2D eigenvalue weighted by molar-refractivity contribution is -0.132. The fraction of sp³-hybridized carbons (Fsp3) is 0.458. The van der Waals surface area contributed by atoms with Crippen LogP contribution >= 0.6 is 0 Å². The summed E-state index contributed by atoms with van der Waals surface area (Å²) in [6, 6.07) is 15.0. The number of benzene rings is 2. The molecule has 4 rings (SSSR count). The van der Waals surface area contributed by atoms with Gasteiger partial charge in [0.05, 0.1) is 19.1 Å². The van der Waals surface area contributed by atoms with Crippen molar-refractivity contribution >= 4 is 5.91 Å². The summed E-state index contributed by atoms with van der Waals surface area (Å²) in [4.78, 5) is 17.7. The second kappa shape index (κ2) is 8.64. The van der Waals surface area contributed by atoms with E-state index in [-0.39, 0.29) is 24.2 Å². The SMILES string of the molecule is COCCN1C[C@H]2CN(C(=O)Cc3ccccc3F)[C@H](c3ccccc3C)[C@H]2C1. The summed E-state index contributed by atoms with van der Waals surface area (Å²) in [5, 5.41) is 0. The maximum absolute atomic E-state index is 14.1. The molecule has 154 valence electrons. The standard InChI is InChI=1S/C24H29FN2O2/c1-17-7-3-5-9-20(17)24-21-16-26(11-12-29-2)14-19(21)15-27(24)23(28)13-18-8-4-6-10-22(18)25/h3-10,19,21,24H,11-16H2,1-2H3/t19-,21-,24+/m0/s1. The van der Waals surface area contributed by atoms with Gasteiger partial charge in [0, 0.05) is 39.2 Å². The molecule has 5 heteroatoms. The van der Waals surface area contributed by atoms with Crippen molar-refractivity contribution in [3.05, 3.63) is 71.0 Å². The molecule has 2 saturated heterocycles. The van der Waals surface area contributed by atoms with Gasteiger partial charge in [-0.15, -0.1) is 0 Å². The van der Waals surface area contributed by atoms with E-state index in [4.69, 9.17) is 4.74 Å². The summed E-state index contributed by atoms with van der Waals surface area (Å²) in [6.07, 6.45) is 0.113. The molecule has 2 aromatic carbocycles. The number of amides is 1. The minimum absolute atomic E-state index is 0.0150. The molecule has 2 fully saturated rings. The molecule has 2 aliphatic rings. The number of hydrogen-bond acceptors (Lipinski definition) is 3. The van der Waals surface area contributed by atoms with Crippen molar-refractivity contribution in [3.63, 3.8) is 0 Å². The molecule has 2 aromatic rings. The highest BCUT2D eigenvalue weighted by molar-refractivity contribution is 5.80. The number of hydrogen-bond donors (Lipinski definition) is 0. The van der Waals surface area contributed by atoms with Gasteiger partial charge >= 0.3 is 0 Å². The van der Waals surface area contributed by atoms with Crippen molar-refractivity contribution < 1.29 is 13.9 Å². The fourth-order valence-corrected chi connectivity index (χ4v) is 5.02. The Balaban J connectivity index is 1.59. The number of rotatable bonds is 6. The van der Waals surface area contributed by atoms with Gasteiger partial charge in [-0.3, -0.25) is 4.79 Å². The fourth-order valence-electron chi connectivity index (χ4n) is 5.02. The van der Waals surface area contributed by atoms with E-state index >= 15 is 0 Å². The van der Waals surface area contributed by atoms with Gasteiger partial charge in [0.15, 0.2) is 0 Å². The molecule has 0 spiro atoms. The van der Waals surface area contributed by atoms with Crippen molar-refractivity contribution in [2.45, 2.75) is 19.4 Å². The van der Waals surface area contributed by atoms with Crippen LogP contribution in [0.3, 0.4) is 0 Å². The van der Waals surface area contributed by atoms with Crippen LogP contribution in [-0.4, -0.2) is 55.6 Å². The second-order valence-corrected chi connectivity index (χ2v) is 8.29. The molecular formula is C24H29FN2O2. The van der Waals surface area contributed by atoms with E-state index in [0.717, 1.165) is 32.8 Å². The van der Waals surface area contributed by atoms with Crippen molar-refractivity contribution in [3.8, 4) is 0 Å². The first-order valence-electron chi connectivity index (χ1n) is 10.4. The van der Waals surface area contributed by atoms with Gasteiger partial charge in [-0.1, -0.05) is 42.5 Å². The Labute approximate surface area is 172 Å². The summed E-state index contributed by atoms with van der Waals surface area (Å²) >= 11 is 0. The van der Waals surface area contributed by atoms with E-state index in [1.54, 1.807) is 25.3 Å². The second-order valence-electron chi connectivity index (χ2n) is 8.29. The molecule has 0 bridgehead atoms. The molecule has 4 nitrogen and oxygen atoms in total. The minimum Gasteiger partial charge on any atom is -0.383 e. The largest absolute Gasteiger partial charge is 0.383 e. The summed E-state index contributed by atoms with van der Waals surface area (Å²) in [5.74, 6) is 0.554. The molecule has 2 heterocycles. The van der Waals surface area contributed by atoms with Gasteiger partial charge in [0.25, 0.3) is 0 Å². The number of methoxy groups -OCH3 is 1. The maximum Gasteiger partial charge on any atom is 0.227 e. The predicted molar refractivity (Wildman–Crippen MR) is 111 cm³/mol. The highest BCUT2D eigenvalue weighted by Gasteiger charge is 2.49. The Morgan fingerprint density at radius 2 is 1.86 bits per heavy atom.